The van der Waals surface area contributed by atoms with Crippen LogP contribution >= 0.6 is 0 Å². The predicted molar refractivity (Wildman–Crippen MR) is 190 cm³/mol. The topological polar surface area (TPSA) is 89.8 Å². The van der Waals surface area contributed by atoms with Crippen LogP contribution < -0.4 is 5.32 Å². The lowest BCUT2D eigenvalue weighted by Crippen LogP contribution is -2.50. The van der Waals surface area contributed by atoms with Gasteiger partial charge in [0.05, 0.1) is 18.8 Å². The SMILES string of the molecule is CCCCCCCCCCCCCCCCCCCC(=O)N[C@@H](CO)[C@H](O)[C@H](O)CCCCCCCCCCCCCCC. The number of hydrogen-bond acceptors (Lipinski definition) is 4. The zero-order valence-electron chi connectivity index (χ0n) is 29.8. The van der Waals surface area contributed by atoms with Gasteiger partial charge in [-0.2, -0.15) is 0 Å². The highest BCUT2D eigenvalue weighted by Crippen LogP contribution is 2.16. The molecule has 0 aliphatic carbocycles. The van der Waals surface area contributed by atoms with Crippen LogP contribution in [0.4, 0.5) is 0 Å². The Morgan fingerprint density at radius 2 is 0.773 bits per heavy atom. The third kappa shape index (κ3) is 30.0. The van der Waals surface area contributed by atoms with Crippen molar-refractivity contribution in [3.8, 4) is 0 Å². The van der Waals surface area contributed by atoms with Crippen LogP contribution in [0.3, 0.4) is 0 Å². The van der Waals surface area contributed by atoms with Crippen molar-refractivity contribution >= 4 is 5.91 Å². The predicted octanol–water partition coefficient (Wildman–Crippen LogP) is 10.7. The number of unbranched alkanes of at least 4 members (excludes halogenated alkanes) is 28. The molecule has 0 aromatic heterocycles. The zero-order valence-corrected chi connectivity index (χ0v) is 29.8. The van der Waals surface area contributed by atoms with Crippen LogP contribution in [-0.2, 0) is 4.79 Å². The molecule has 44 heavy (non-hydrogen) atoms. The monoisotopic (exact) mass is 626 g/mol. The number of aliphatic hydroxyl groups excluding tert-OH is 3. The van der Waals surface area contributed by atoms with Crippen molar-refractivity contribution in [3.63, 3.8) is 0 Å². The van der Waals surface area contributed by atoms with Crippen LogP contribution in [0.2, 0.25) is 0 Å². The summed E-state index contributed by atoms with van der Waals surface area (Å²) in [7, 11) is 0. The Bertz CT molecular complexity index is 572. The van der Waals surface area contributed by atoms with Crippen LogP contribution in [0.15, 0.2) is 0 Å². The molecule has 0 saturated carbocycles. The number of rotatable bonds is 36. The van der Waals surface area contributed by atoms with Gasteiger partial charge in [-0.05, 0) is 12.8 Å². The average molecular weight is 626 g/mol. The standard InChI is InChI=1S/C39H79NO4/c1-3-5-7-9-11-13-15-17-18-19-20-22-24-26-28-30-32-34-38(43)40-36(35-41)39(44)37(42)33-31-29-27-25-23-21-16-14-12-10-8-6-4-2/h36-37,39,41-42,44H,3-35H2,1-2H3,(H,40,43)/t36-,37+,39-/m0/s1. The van der Waals surface area contributed by atoms with Crippen molar-refractivity contribution in [2.45, 2.75) is 238 Å². The number of carbonyl (C=O) groups excluding carboxylic acids is 1. The van der Waals surface area contributed by atoms with Crippen LogP contribution in [-0.4, -0.2) is 46.1 Å². The minimum absolute atomic E-state index is 0.141. The van der Waals surface area contributed by atoms with Gasteiger partial charge in [0.2, 0.25) is 5.91 Å². The van der Waals surface area contributed by atoms with Gasteiger partial charge in [0.15, 0.2) is 0 Å². The Morgan fingerprint density at radius 1 is 0.477 bits per heavy atom. The summed E-state index contributed by atoms with van der Waals surface area (Å²) in [5, 5.41) is 33.4. The minimum atomic E-state index is -1.13. The van der Waals surface area contributed by atoms with Gasteiger partial charge < -0.3 is 20.6 Å². The Kier molecular flexibility index (Phi) is 34.7. The maximum Gasteiger partial charge on any atom is 0.220 e. The summed E-state index contributed by atoms with van der Waals surface area (Å²) in [6.07, 6.45) is 37.7. The van der Waals surface area contributed by atoms with E-state index in [1.54, 1.807) is 0 Å². The zero-order chi connectivity index (χ0) is 32.4. The van der Waals surface area contributed by atoms with Gasteiger partial charge in [-0.15, -0.1) is 0 Å². The normalized spacial score (nSPS) is 13.7. The highest BCUT2D eigenvalue weighted by molar-refractivity contribution is 5.76. The molecule has 0 unspecified atom stereocenters. The summed E-state index contributed by atoms with van der Waals surface area (Å²) in [4.78, 5) is 12.4. The fourth-order valence-corrected chi connectivity index (χ4v) is 6.34. The fraction of sp³-hybridized carbons (Fsp3) is 0.974. The second-order valence-electron chi connectivity index (χ2n) is 13.9. The quantitative estimate of drug-likeness (QED) is 0.0521. The lowest BCUT2D eigenvalue weighted by molar-refractivity contribution is -0.124. The van der Waals surface area contributed by atoms with E-state index in [-0.39, 0.29) is 12.5 Å². The molecule has 0 bridgehead atoms. The first-order chi connectivity index (χ1) is 21.6. The largest absolute Gasteiger partial charge is 0.394 e. The molecular weight excluding hydrogens is 546 g/mol. The summed E-state index contributed by atoms with van der Waals surface area (Å²) >= 11 is 0. The summed E-state index contributed by atoms with van der Waals surface area (Å²) in [5.74, 6) is -0.141. The van der Waals surface area contributed by atoms with Gasteiger partial charge in [-0.1, -0.05) is 200 Å². The van der Waals surface area contributed by atoms with E-state index in [1.165, 1.54) is 161 Å². The van der Waals surface area contributed by atoms with Gasteiger partial charge in [-0.25, -0.2) is 0 Å². The molecule has 5 heteroatoms. The summed E-state index contributed by atoms with van der Waals surface area (Å²) in [6.45, 7) is 4.18. The second kappa shape index (κ2) is 35.2. The summed E-state index contributed by atoms with van der Waals surface area (Å²) in [5.41, 5.74) is 0. The van der Waals surface area contributed by atoms with E-state index >= 15 is 0 Å². The van der Waals surface area contributed by atoms with E-state index in [4.69, 9.17) is 0 Å². The van der Waals surface area contributed by atoms with Crippen molar-refractivity contribution in [1.29, 1.82) is 0 Å². The molecular formula is C39H79NO4. The van der Waals surface area contributed by atoms with Gasteiger partial charge in [-0.3, -0.25) is 4.79 Å². The highest BCUT2D eigenvalue weighted by atomic mass is 16.3. The molecule has 0 radical (unpaired) electrons. The highest BCUT2D eigenvalue weighted by Gasteiger charge is 2.26. The molecule has 0 heterocycles. The molecule has 0 rings (SSSR count). The van der Waals surface area contributed by atoms with E-state index in [0.29, 0.717) is 12.8 Å². The molecule has 1 amide bonds. The molecule has 0 aromatic carbocycles. The molecule has 5 nitrogen and oxygen atoms in total. The molecule has 0 spiro atoms. The van der Waals surface area contributed by atoms with Crippen LogP contribution in [0.1, 0.15) is 219 Å². The van der Waals surface area contributed by atoms with Crippen molar-refractivity contribution in [3.05, 3.63) is 0 Å². The third-order valence-corrected chi connectivity index (χ3v) is 9.46. The minimum Gasteiger partial charge on any atom is -0.394 e. The molecule has 0 aromatic rings. The van der Waals surface area contributed by atoms with E-state index in [1.807, 2.05) is 0 Å². The first-order valence-electron chi connectivity index (χ1n) is 19.8. The molecule has 0 aliphatic heterocycles. The maximum atomic E-state index is 12.4. The molecule has 0 saturated heterocycles. The van der Waals surface area contributed by atoms with Crippen molar-refractivity contribution in [1.82, 2.24) is 5.32 Å². The second-order valence-corrected chi connectivity index (χ2v) is 13.9. The first kappa shape index (κ1) is 43.4. The maximum absolute atomic E-state index is 12.4. The number of nitrogens with one attached hydrogen (secondary N) is 1. The number of carbonyl (C=O) groups is 1. The lowest BCUT2D eigenvalue weighted by Gasteiger charge is -2.26. The van der Waals surface area contributed by atoms with Crippen molar-refractivity contribution in [2.75, 3.05) is 6.61 Å². The van der Waals surface area contributed by atoms with E-state index in [9.17, 15) is 20.1 Å². The van der Waals surface area contributed by atoms with Crippen LogP contribution in [0, 0.1) is 0 Å². The molecule has 3 atom stereocenters. The molecule has 264 valence electrons. The van der Waals surface area contributed by atoms with E-state index in [0.717, 1.165) is 32.1 Å². The molecule has 4 N–H and O–H groups in total. The van der Waals surface area contributed by atoms with Gasteiger partial charge in [0, 0.05) is 6.42 Å². The van der Waals surface area contributed by atoms with E-state index < -0.39 is 18.2 Å². The van der Waals surface area contributed by atoms with Crippen LogP contribution in [0.25, 0.3) is 0 Å². The third-order valence-electron chi connectivity index (χ3n) is 9.46. The Morgan fingerprint density at radius 3 is 1.09 bits per heavy atom. The van der Waals surface area contributed by atoms with Gasteiger partial charge in [0.1, 0.15) is 6.10 Å². The Labute approximate surface area is 275 Å². The summed E-state index contributed by atoms with van der Waals surface area (Å²) < 4.78 is 0. The fourth-order valence-electron chi connectivity index (χ4n) is 6.34. The number of amides is 1. The summed E-state index contributed by atoms with van der Waals surface area (Å²) in [6, 6.07) is -0.801. The number of hydrogen-bond donors (Lipinski definition) is 4. The van der Waals surface area contributed by atoms with E-state index in [2.05, 4.69) is 19.2 Å². The molecule has 0 aliphatic rings. The molecule has 0 fully saturated rings. The smallest absolute Gasteiger partial charge is 0.220 e. The lowest BCUT2D eigenvalue weighted by atomic mass is 9.99. The van der Waals surface area contributed by atoms with Crippen molar-refractivity contribution in [2.24, 2.45) is 0 Å². The Hall–Kier alpha value is -0.650. The first-order valence-corrected chi connectivity index (χ1v) is 19.8. The van der Waals surface area contributed by atoms with Crippen molar-refractivity contribution < 1.29 is 20.1 Å². The Balaban J connectivity index is 3.62. The number of aliphatic hydroxyl groups is 3. The van der Waals surface area contributed by atoms with Crippen LogP contribution in [0.5, 0.6) is 0 Å². The van der Waals surface area contributed by atoms with Gasteiger partial charge >= 0.3 is 0 Å². The average Bonchev–Trinajstić information content (AvgIpc) is 3.03. The van der Waals surface area contributed by atoms with Gasteiger partial charge in [0.25, 0.3) is 0 Å².